The SMILES string of the molecule is C#CCN(C(=O)c1cccc(Cn2nc(C)c(Br)c2C)c1)S(=O)(=O)c1c(C)noc1C. The second kappa shape index (κ2) is 8.69. The lowest BCUT2D eigenvalue weighted by atomic mass is 10.1. The van der Waals surface area contributed by atoms with Gasteiger partial charge in [0.2, 0.25) is 0 Å². The van der Waals surface area contributed by atoms with Crippen LogP contribution in [0.4, 0.5) is 0 Å². The normalized spacial score (nSPS) is 11.4. The number of hydrogen-bond donors (Lipinski definition) is 0. The molecule has 0 bridgehead atoms. The van der Waals surface area contributed by atoms with Gasteiger partial charge in [-0.2, -0.15) is 5.10 Å². The Morgan fingerprint density at radius 1 is 1.26 bits per heavy atom. The first-order valence-electron chi connectivity index (χ1n) is 9.29. The first-order valence-corrected chi connectivity index (χ1v) is 11.5. The fourth-order valence-corrected chi connectivity index (χ4v) is 5.13. The highest BCUT2D eigenvalue weighted by atomic mass is 79.9. The monoisotopic (exact) mass is 504 g/mol. The molecule has 31 heavy (non-hydrogen) atoms. The van der Waals surface area contributed by atoms with Crippen LogP contribution < -0.4 is 0 Å². The highest BCUT2D eigenvalue weighted by molar-refractivity contribution is 9.10. The summed E-state index contributed by atoms with van der Waals surface area (Å²) in [5.74, 6) is 1.62. The number of hydrogen-bond acceptors (Lipinski definition) is 6. The second-order valence-corrected chi connectivity index (χ2v) is 9.61. The van der Waals surface area contributed by atoms with Crippen molar-refractivity contribution in [1.29, 1.82) is 0 Å². The fourth-order valence-electron chi connectivity index (χ4n) is 3.25. The minimum Gasteiger partial charge on any atom is -0.360 e. The van der Waals surface area contributed by atoms with Crippen LogP contribution in [-0.4, -0.2) is 40.1 Å². The van der Waals surface area contributed by atoms with E-state index in [0.717, 1.165) is 21.4 Å². The molecule has 0 N–H and O–H groups in total. The Bertz CT molecular complexity index is 1280. The van der Waals surface area contributed by atoms with Gasteiger partial charge < -0.3 is 4.52 Å². The average molecular weight is 505 g/mol. The molecule has 3 rings (SSSR count). The van der Waals surface area contributed by atoms with Crippen molar-refractivity contribution in [1.82, 2.24) is 19.2 Å². The van der Waals surface area contributed by atoms with Crippen molar-refractivity contribution in [3.63, 3.8) is 0 Å². The summed E-state index contributed by atoms with van der Waals surface area (Å²) < 4.78 is 34.7. The number of aromatic nitrogens is 3. The molecule has 0 unspecified atom stereocenters. The Balaban J connectivity index is 1.97. The van der Waals surface area contributed by atoms with Crippen LogP contribution in [0.5, 0.6) is 0 Å². The molecule has 0 fully saturated rings. The Hall–Kier alpha value is -2.90. The van der Waals surface area contributed by atoms with Gasteiger partial charge in [0.1, 0.15) is 5.69 Å². The van der Waals surface area contributed by atoms with Crippen LogP contribution in [0, 0.1) is 40.0 Å². The maximum Gasteiger partial charge on any atom is 0.273 e. The van der Waals surface area contributed by atoms with Crippen molar-refractivity contribution in [2.75, 3.05) is 6.54 Å². The van der Waals surface area contributed by atoms with E-state index < -0.39 is 22.5 Å². The van der Waals surface area contributed by atoms with E-state index in [9.17, 15) is 13.2 Å². The van der Waals surface area contributed by atoms with Gasteiger partial charge in [0.25, 0.3) is 15.9 Å². The molecule has 0 radical (unpaired) electrons. The minimum absolute atomic E-state index is 0.0937. The molecule has 8 nitrogen and oxygen atoms in total. The number of aryl methyl sites for hydroxylation is 3. The zero-order valence-electron chi connectivity index (χ0n) is 17.5. The predicted molar refractivity (Wildman–Crippen MR) is 118 cm³/mol. The first-order chi connectivity index (χ1) is 14.6. The molecule has 0 aliphatic rings. The zero-order valence-corrected chi connectivity index (χ0v) is 19.9. The predicted octanol–water partition coefficient (Wildman–Crippen LogP) is 3.38. The lowest BCUT2D eigenvalue weighted by Crippen LogP contribution is -2.37. The molecule has 1 aromatic carbocycles. The van der Waals surface area contributed by atoms with Gasteiger partial charge in [-0.1, -0.05) is 23.2 Å². The molecular weight excluding hydrogens is 484 g/mol. The maximum absolute atomic E-state index is 13.2. The van der Waals surface area contributed by atoms with E-state index >= 15 is 0 Å². The topological polar surface area (TPSA) is 98.3 Å². The molecule has 0 aliphatic heterocycles. The molecular formula is C21H21BrN4O4S. The van der Waals surface area contributed by atoms with E-state index in [-0.39, 0.29) is 21.9 Å². The van der Waals surface area contributed by atoms with Gasteiger partial charge in [-0.25, -0.2) is 12.7 Å². The van der Waals surface area contributed by atoms with E-state index in [1.165, 1.54) is 13.8 Å². The number of amides is 1. The Labute approximate surface area is 189 Å². The van der Waals surface area contributed by atoms with E-state index in [4.69, 9.17) is 10.9 Å². The van der Waals surface area contributed by atoms with Crippen molar-refractivity contribution < 1.29 is 17.7 Å². The molecule has 162 valence electrons. The van der Waals surface area contributed by atoms with Crippen molar-refractivity contribution in [3.8, 4) is 12.3 Å². The molecule has 0 saturated heterocycles. The van der Waals surface area contributed by atoms with Gasteiger partial charge in [-0.05, 0) is 61.3 Å². The third-order valence-corrected chi connectivity index (χ3v) is 7.90. The Morgan fingerprint density at radius 3 is 2.52 bits per heavy atom. The van der Waals surface area contributed by atoms with Crippen molar-refractivity contribution in [2.45, 2.75) is 39.1 Å². The van der Waals surface area contributed by atoms with Gasteiger partial charge in [0, 0.05) is 5.56 Å². The summed E-state index contributed by atoms with van der Waals surface area (Å²) in [6.45, 7) is 6.80. The van der Waals surface area contributed by atoms with Crippen LogP contribution in [-0.2, 0) is 16.6 Å². The van der Waals surface area contributed by atoms with Crippen LogP contribution in [0.3, 0.4) is 0 Å². The van der Waals surface area contributed by atoms with Crippen LogP contribution >= 0.6 is 15.9 Å². The summed E-state index contributed by atoms with van der Waals surface area (Å²) in [7, 11) is -4.25. The molecule has 1 amide bonds. The van der Waals surface area contributed by atoms with Gasteiger partial charge in [0.05, 0.1) is 29.0 Å². The number of terminal acetylenes is 1. The lowest BCUT2D eigenvalue weighted by molar-refractivity contribution is 0.0873. The summed E-state index contributed by atoms with van der Waals surface area (Å²) in [5.41, 5.74) is 2.96. The molecule has 3 aromatic rings. The molecule has 2 aromatic heterocycles. The first kappa shape index (κ1) is 22.8. The van der Waals surface area contributed by atoms with Crippen molar-refractivity contribution in [2.24, 2.45) is 0 Å². The number of halogens is 1. The Kier molecular flexibility index (Phi) is 6.38. The van der Waals surface area contributed by atoms with Gasteiger partial charge in [-0.3, -0.25) is 9.48 Å². The number of benzene rings is 1. The Morgan fingerprint density at radius 2 is 1.97 bits per heavy atom. The van der Waals surface area contributed by atoms with Crippen molar-refractivity contribution >= 4 is 31.9 Å². The summed E-state index contributed by atoms with van der Waals surface area (Å²) in [4.78, 5) is 13.0. The highest BCUT2D eigenvalue weighted by Crippen LogP contribution is 2.25. The molecule has 0 atom stereocenters. The van der Waals surface area contributed by atoms with E-state index in [0.29, 0.717) is 10.8 Å². The lowest BCUT2D eigenvalue weighted by Gasteiger charge is -2.20. The van der Waals surface area contributed by atoms with Crippen molar-refractivity contribution in [3.05, 3.63) is 62.7 Å². The van der Waals surface area contributed by atoms with E-state index in [1.54, 1.807) is 18.2 Å². The quantitative estimate of drug-likeness (QED) is 0.477. The minimum atomic E-state index is -4.25. The average Bonchev–Trinajstić information content (AvgIpc) is 3.19. The highest BCUT2D eigenvalue weighted by Gasteiger charge is 2.34. The summed E-state index contributed by atoms with van der Waals surface area (Å²) in [6, 6.07) is 6.73. The smallest absolute Gasteiger partial charge is 0.273 e. The molecule has 2 heterocycles. The van der Waals surface area contributed by atoms with E-state index in [2.05, 4.69) is 32.1 Å². The fraction of sp³-hybridized carbons (Fsp3) is 0.286. The summed E-state index contributed by atoms with van der Waals surface area (Å²) >= 11 is 3.50. The van der Waals surface area contributed by atoms with Gasteiger partial charge in [-0.15, -0.1) is 6.42 Å². The molecule has 10 heteroatoms. The van der Waals surface area contributed by atoms with Gasteiger partial charge in [0.15, 0.2) is 10.7 Å². The number of carbonyl (C=O) groups is 1. The molecule has 0 aliphatic carbocycles. The van der Waals surface area contributed by atoms with Gasteiger partial charge >= 0.3 is 0 Å². The zero-order chi connectivity index (χ0) is 22.9. The number of nitrogens with zero attached hydrogens (tertiary/aromatic N) is 4. The largest absolute Gasteiger partial charge is 0.360 e. The summed E-state index contributed by atoms with van der Waals surface area (Å²) in [6.07, 6.45) is 5.37. The second-order valence-electron chi connectivity index (χ2n) is 7.02. The number of sulfonamides is 1. The third kappa shape index (κ3) is 4.29. The number of carbonyl (C=O) groups excluding carboxylic acids is 1. The van der Waals surface area contributed by atoms with Crippen LogP contribution in [0.15, 0.2) is 38.2 Å². The summed E-state index contributed by atoms with van der Waals surface area (Å²) in [5, 5.41) is 8.15. The molecule has 0 spiro atoms. The van der Waals surface area contributed by atoms with E-state index in [1.807, 2.05) is 24.6 Å². The van der Waals surface area contributed by atoms with Crippen LogP contribution in [0.25, 0.3) is 0 Å². The number of rotatable bonds is 6. The molecule has 0 saturated carbocycles. The van der Waals surface area contributed by atoms with Crippen LogP contribution in [0.2, 0.25) is 0 Å². The standard InChI is InChI=1S/C21H21BrN4O4S/c1-6-10-26(31(28,29)20-14(3)24-30-16(20)5)21(27)18-9-7-8-17(11-18)12-25-15(4)19(22)13(2)23-25/h1,7-9,11H,10,12H2,2-5H3. The maximum atomic E-state index is 13.2. The third-order valence-electron chi connectivity index (χ3n) is 4.78. The van der Waals surface area contributed by atoms with Crippen LogP contribution in [0.1, 0.15) is 38.8 Å².